The summed E-state index contributed by atoms with van der Waals surface area (Å²) in [6, 6.07) is 9.02. The molecule has 0 aromatic heterocycles. The van der Waals surface area contributed by atoms with Crippen molar-refractivity contribution in [3.05, 3.63) is 53.3 Å². The Morgan fingerprint density at radius 2 is 1.94 bits per heavy atom. The van der Waals surface area contributed by atoms with E-state index in [1.165, 1.54) is 18.2 Å². The Morgan fingerprint density at radius 3 is 2.66 bits per heavy atom. The van der Waals surface area contributed by atoms with Gasteiger partial charge in [0, 0.05) is 30.9 Å². The molecule has 7 nitrogen and oxygen atoms in total. The van der Waals surface area contributed by atoms with Crippen molar-refractivity contribution in [1.82, 2.24) is 0 Å². The topological polar surface area (TPSA) is 93.9 Å². The van der Waals surface area contributed by atoms with Crippen LogP contribution in [0.1, 0.15) is 43.1 Å². The number of halogens is 1. The number of carbonyl (C=O) groups excluding carboxylic acids is 2. The minimum atomic E-state index is -0.660. The summed E-state index contributed by atoms with van der Waals surface area (Å²) in [6.45, 7) is 8.19. The van der Waals surface area contributed by atoms with Crippen molar-refractivity contribution < 1.29 is 23.5 Å². The van der Waals surface area contributed by atoms with Gasteiger partial charge in [-0.2, -0.15) is 0 Å². The van der Waals surface area contributed by atoms with Crippen molar-refractivity contribution in [1.29, 1.82) is 0 Å². The summed E-state index contributed by atoms with van der Waals surface area (Å²) in [5, 5.41) is 2.76. The molecular formula is C24H30FN3O4. The molecule has 1 aliphatic heterocycles. The molecule has 0 unspecified atom stereocenters. The number of hydrogen-bond donors (Lipinski definition) is 2. The Labute approximate surface area is 187 Å². The lowest BCUT2D eigenvalue weighted by Gasteiger charge is -2.24. The van der Waals surface area contributed by atoms with Crippen molar-refractivity contribution in [3.63, 3.8) is 0 Å². The molecule has 3 N–H and O–H groups in total. The van der Waals surface area contributed by atoms with E-state index >= 15 is 0 Å². The molecule has 0 aliphatic carbocycles. The second-order valence-corrected chi connectivity index (χ2v) is 8.75. The smallest absolute Gasteiger partial charge is 0.310 e. The molecule has 3 rings (SSSR count). The fraction of sp³-hybridized carbons (Fsp3) is 0.417. The second-order valence-electron chi connectivity index (χ2n) is 8.75. The number of amides is 1. The number of carbonyl (C=O) groups is 2. The highest BCUT2D eigenvalue weighted by Crippen LogP contribution is 2.26. The van der Waals surface area contributed by atoms with Crippen LogP contribution < -0.4 is 16.0 Å². The molecule has 0 spiro atoms. The van der Waals surface area contributed by atoms with Crippen LogP contribution in [0.15, 0.2) is 36.4 Å². The fourth-order valence-corrected chi connectivity index (χ4v) is 3.53. The normalized spacial score (nSPS) is 14.6. The zero-order chi connectivity index (χ0) is 23.3. The molecule has 32 heavy (non-hydrogen) atoms. The van der Waals surface area contributed by atoms with Crippen molar-refractivity contribution in [3.8, 4) is 0 Å². The van der Waals surface area contributed by atoms with Gasteiger partial charge in [-0.15, -0.1) is 0 Å². The largest absolute Gasteiger partial charge is 0.460 e. The second kappa shape index (κ2) is 9.99. The van der Waals surface area contributed by atoms with Crippen LogP contribution in [0.25, 0.3) is 0 Å². The molecule has 0 saturated carbocycles. The van der Waals surface area contributed by atoms with Crippen LogP contribution in [0.3, 0.4) is 0 Å². The molecule has 0 bridgehead atoms. The van der Waals surface area contributed by atoms with Gasteiger partial charge in [0.15, 0.2) is 0 Å². The van der Waals surface area contributed by atoms with Gasteiger partial charge in [-0.05, 0) is 69.2 Å². The van der Waals surface area contributed by atoms with Gasteiger partial charge >= 0.3 is 5.97 Å². The Bertz CT molecular complexity index is 980. The number of hydrogen-bond acceptors (Lipinski definition) is 6. The number of ether oxygens (including phenoxy) is 2. The van der Waals surface area contributed by atoms with E-state index < -0.39 is 23.3 Å². The van der Waals surface area contributed by atoms with E-state index in [-0.39, 0.29) is 6.42 Å². The molecule has 172 valence electrons. The number of nitrogens with one attached hydrogen (secondary N) is 1. The van der Waals surface area contributed by atoms with Crippen molar-refractivity contribution in [2.24, 2.45) is 0 Å². The zero-order valence-corrected chi connectivity index (χ0v) is 18.7. The fourth-order valence-electron chi connectivity index (χ4n) is 3.53. The first-order chi connectivity index (χ1) is 15.1. The number of nitrogens with zero attached hydrogens (tertiary/aromatic N) is 1. The van der Waals surface area contributed by atoms with Gasteiger partial charge in [0.2, 0.25) is 0 Å². The van der Waals surface area contributed by atoms with Crippen LogP contribution >= 0.6 is 0 Å². The molecule has 2 aromatic rings. The molecule has 1 aliphatic rings. The van der Waals surface area contributed by atoms with Crippen molar-refractivity contribution in [2.45, 2.75) is 39.2 Å². The molecule has 1 fully saturated rings. The molecule has 8 heteroatoms. The molecule has 1 saturated heterocycles. The standard InChI is InChI=1S/C24H30FN3O4/c1-24(2,3)32-22(29)15-17-13-18(25)6-7-20(17)27-23(30)16-5-8-21(19(26)14-16)28-9-4-11-31-12-10-28/h5-8,13-14H,4,9-12,15,26H2,1-3H3,(H,27,30). The Balaban J connectivity index is 1.75. The first-order valence-electron chi connectivity index (χ1n) is 10.7. The lowest BCUT2D eigenvalue weighted by Crippen LogP contribution is -2.27. The highest BCUT2D eigenvalue weighted by Gasteiger charge is 2.20. The van der Waals surface area contributed by atoms with E-state index in [9.17, 15) is 14.0 Å². The monoisotopic (exact) mass is 443 g/mol. The van der Waals surface area contributed by atoms with E-state index in [2.05, 4.69) is 10.2 Å². The molecule has 0 atom stereocenters. The minimum absolute atomic E-state index is 0.164. The SMILES string of the molecule is CC(C)(C)OC(=O)Cc1cc(F)ccc1NC(=O)c1ccc(N2CCCOCC2)c(N)c1. The third-order valence-electron chi connectivity index (χ3n) is 4.92. The van der Waals surface area contributed by atoms with E-state index in [4.69, 9.17) is 15.2 Å². The number of nitrogen functional groups attached to an aromatic ring is 1. The van der Waals surface area contributed by atoms with Gasteiger partial charge < -0.3 is 25.4 Å². The van der Waals surface area contributed by atoms with E-state index in [0.29, 0.717) is 29.1 Å². The zero-order valence-electron chi connectivity index (χ0n) is 18.7. The van der Waals surface area contributed by atoms with Gasteiger partial charge in [0.1, 0.15) is 11.4 Å². The average Bonchev–Trinajstić information content (AvgIpc) is 2.97. The van der Waals surface area contributed by atoms with E-state index in [0.717, 1.165) is 31.8 Å². The minimum Gasteiger partial charge on any atom is -0.460 e. The molecular weight excluding hydrogens is 413 g/mol. The van der Waals surface area contributed by atoms with E-state index in [1.54, 1.807) is 32.9 Å². The van der Waals surface area contributed by atoms with Crippen LogP contribution in [0, 0.1) is 5.82 Å². The summed E-state index contributed by atoms with van der Waals surface area (Å²) in [6.07, 6.45) is 0.745. The molecule has 2 aromatic carbocycles. The maximum Gasteiger partial charge on any atom is 0.310 e. The van der Waals surface area contributed by atoms with Gasteiger partial charge in [0.05, 0.1) is 24.4 Å². The van der Waals surface area contributed by atoms with Gasteiger partial charge in [-0.25, -0.2) is 4.39 Å². The first kappa shape index (κ1) is 23.5. The maximum absolute atomic E-state index is 13.8. The Morgan fingerprint density at radius 1 is 1.16 bits per heavy atom. The molecule has 1 amide bonds. The van der Waals surface area contributed by atoms with Crippen LogP contribution in [0.4, 0.5) is 21.5 Å². The Kier molecular flexibility index (Phi) is 7.35. The lowest BCUT2D eigenvalue weighted by atomic mass is 10.1. The quantitative estimate of drug-likeness (QED) is 0.540. The summed E-state index contributed by atoms with van der Waals surface area (Å²) in [5.41, 5.74) is 7.97. The van der Waals surface area contributed by atoms with Gasteiger partial charge in [0.25, 0.3) is 5.91 Å². The van der Waals surface area contributed by atoms with Crippen LogP contribution in [-0.2, 0) is 20.7 Å². The highest BCUT2D eigenvalue weighted by molar-refractivity contribution is 6.06. The van der Waals surface area contributed by atoms with Crippen LogP contribution in [-0.4, -0.2) is 43.8 Å². The third-order valence-corrected chi connectivity index (χ3v) is 4.92. The third kappa shape index (κ3) is 6.43. The number of anilines is 3. The summed E-state index contributed by atoms with van der Waals surface area (Å²) < 4.78 is 24.6. The summed E-state index contributed by atoms with van der Waals surface area (Å²) in [5.74, 6) is -1.41. The number of benzene rings is 2. The number of esters is 1. The predicted octanol–water partition coefficient (Wildman–Crippen LogP) is 3.77. The first-order valence-corrected chi connectivity index (χ1v) is 10.7. The van der Waals surface area contributed by atoms with Gasteiger partial charge in [-0.1, -0.05) is 0 Å². The number of rotatable bonds is 5. The number of nitrogens with two attached hydrogens (primary N) is 1. The predicted molar refractivity (Wildman–Crippen MR) is 122 cm³/mol. The van der Waals surface area contributed by atoms with Crippen LogP contribution in [0.5, 0.6) is 0 Å². The lowest BCUT2D eigenvalue weighted by molar-refractivity contribution is -0.153. The Hall–Kier alpha value is -3.13. The summed E-state index contributed by atoms with van der Waals surface area (Å²) in [4.78, 5) is 27.2. The van der Waals surface area contributed by atoms with Crippen LogP contribution in [0.2, 0.25) is 0 Å². The average molecular weight is 444 g/mol. The van der Waals surface area contributed by atoms with Crippen molar-refractivity contribution >= 4 is 28.9 Å². The maximum atomic E-state index is 13.8. The molecule has 1 heterocycles. The molecule has 0 radical (unpaired) electrons. The van der Waals surface area contributed by atoms with E-state index in [1.807, 2.05) is 6.07 Å². The van der Waals surface area contributed by atoms with Crippen molar-refractivity contribution in [2.75, 3.05) is 42.3 Å². The summed E-state index contributed by atoms with van der Waals surface area (Å²) >= 11 is 0. The summed E-state index contributed by atoms with van der Waals surface area (Å²) in [7, 11) is 0. The highest BCUT2D eigenvalue weighted by atomic mass is 19.1. The van der Waals surface area contributed by atoms with Gasteiger partial charge in [-0.3, -0.25) is 9.59 Å².